The first-order valence-corrected chi connectivity index (χ1v) is 8.02. The average Bonchev–Trinajstić information content (AvgIpc) is 2.46. The van der Waals surface area contributed by atoms with Crippen molar-refractivity contribution in [2.24, 2.45) is 11.8 Å². The number of nitrogens with zero attached hydrogens (tertiary/aromatic N) is 1. The lowest BCUT2D eigenvalue weighted by Crippen LogP contribution is -2.50. The third-order valence-corrected chi connectivity index (χ3v) is 3.81. The molecule has 0 spiro atoms. The molecule has 0 aliphatic rings. The van der Waals surface area contributed by atoms with Gasteiger partial charge in [-0.25, -0.2) is 4.79 Å². The van der Waals surface area contributed by atoms with Gasteiger partial charge < -0.3 is 15.0 Å². The molecule has 1 atom stereocenters. The molecule has 0 saturated heterocycles. The highest BCUT2D eigenvalue weighted by Gasteiger charge is 2.27. The molecule has 0 aromatic rings. The van der Waals surface area contributed by atoms with Gasteiger partial charge in [0.2, 0.25) is 5.91 Å². The fourth-order valence-corrected chi connectivity index (χ4v) is 2.35. The maximum absolute atomic E-state index is 12.7. The highest BCUT2D eigenvalue weighted by atomic mass is 16.5. The number of carbonyl (C=O) groups excluding carboxylic acids is 2. The average molecular weight is 300 g/mol. The fourth-order valence-electron chi connectivity index (χ4n) is 2.35. The van der Waals surface area contributed by atoms with Crippen molar-refractivity contribution in [3.8, 4) is 0 Å². The van der Waals surface area contributed by atoms with Gasteiger partial charge in [-0.1, -0.05) is 40.5 Å². The first-order valence-electron chi connectivity index (χ1n) is 8.02. The van der Waals surface area contributed by atoms with Crippen LogP contribution in [0.15, 0.2) is 0 Å². The second-order valence-electron chi connectivity index (χ2n) is 5.88. The van der Waals surface area contributed by atoms with E-state index in [1.165, 1.54) is 7.11 Å². The number of hydrogen-bond acceptors (Lipinski definition) is 3. The maximum Gasteiger partial charge on any atom is 0.407 e. The Kier molecular flexibility index (Phi) is 9.84. The van der Waals surface area contributed by atoms with E-state index in [9.17, 15) is 9.59 Å². The van der Waals surface area contributed by atoms with Gasteiger partial charge in [-0.15, -0.1) is 0 Å². The smallest absolute Gasteiger partial charge is 0.407 e. The van der Waals surface area contributed by atoms with E-state index < -0.39 is 12.1 Å². The lowest BCUT2D eigenvalue weighted by molar-refractivity contribution is -0.134. The van der Waals surface area contributed by atoms with E-state index in [0.29, 0.717) is 24.8 Å². The molecule has 2 amide bonds. The Morgan fingerprint density at radius 2 is 1.71 bits per heavy atom. The summed E-state index contributed by atoms with van der Waals surface area (Å²) in [7, 11) is 1.31. The summed E-state index contributed by atoms with van der Waals surface area (Å²) in [6, 6.07) is -0.508. The quantitative estimate of drug-likeness (QED) is 0.712. The molecule has 0 rings (SSSR count). The Morgan fingerprint density at radius 3 is 2.10 bits per heavy atom. The third-order valence-electron chi connectivity index (χ3n) is 3.81. The summed E-state index contributed by atoms with van der Waals surface area (Å²) in [5.74, 6) is 0.818. The van der Waals surface area contributed by atoms with Crippen LogP contribution in [0.25, 0.3) is 0 Å². The zero-order chi connectivity index (χ0) is 16.4. The summed E-state index contributed by atoms with van der Waals surface area (Å²) < 4.78 is 4.63. The molecule has 1 unspecified atom stereocenters. The summed E-state index contributed by atoms with van der Waals surface area (Å²) in [4.78, 5) is 26.0. The molecule has 0 bridgehead atoms. The van der Waals surface area contributed by atoms with Crippen LogP contribution in [0.2, 0.25) is 0 Å². The van der Waals surface area contributed by atoms with Crippen molar-refractivity contribution in [3.63, 3.8) is 0 Å². The zero-order valence-electron chi connectivity index (χ0n) is 14.4. The summed E-state index contributed by atoms with van der Waals surface area (Å²) in [6.07, 6.45) is 2.18. The largest absolute Gasteiger partial charge is 0.453 e. The van der Waals surface area contributed by atoms with Crippen molar-refractivity contribution >= 4 is 12.0 Å². The second kappa shape index (κ2) is 10.5. The zero-order valence-corrected chi connectivity index (χ0v) is 14.4. The molecular weight excluding hydrogens is 268 g/mol. The molecule has 0 fully saturated rings. The Balaban J connectivity index is 4.90. The lowest BCUT2D eigenvalue weighted by Gasteiger charge is -2.30. The van der Waals surface area contributed by atoms with Crippen LogP contribution in [-0.4, -0.2) is 43.1 Å². The van der Waals surface area contributed by atoms with Gasteiger partial charge in [0.05, 0.1) is 7.11 Å². The molecule has 1 N–H and O–H groups in total. The predicted molar refractivity (Wildman–Crippen MR) is 85.1 cm³/mol. The monoisotopic (exact) mass is 300 g/mol. The predicted octanol–water partition coefficient (Wildman–Crippen LogP) is 3.04. The van der Waals surface area contributed by atoms with Gasteiger partial charge >= 0.3 is 6.09 Å². The summed E-state index contributed by atoms with van der Waals surface area (Å²) in [5, 5.41) is 2.67. The van der Waals surface area contributed by atoms with E-state index >= 15 is 0 Å². The number of rotatable bonds is 9. The fraction of sp³-hybridized carbons (Fsp3) is 0.875. The Labute approximate surface area is 129 Å². The van der Waals surface area contributed by atoms with Crippen LogP contribution in [-0.2, 0) is 9.53 Å². The first kappa shape index (κ1) is 19.7. The van der Waals surface area contributed by atoms with Crippen molar-refractivity contribution < 1.29 is 14.3 Å². The van der Waals surface area contributed by atoms with E-state index in [0.717, 1.165) is 19.4 Å². The van der Waals surface area contributed by atoms with Crippen LogP contribution in [0.1, 0.15) is 53.9 Å². The molecule has 5 heteroatoms. The lowest BCUT2D eigenvalue weighted by atomic mass is 10.00. The van der Waals surface area contributed by atoms with Gasteiger partial charge in [0.15, 0.2) is 0 Å². The van der Waals surface area contributed by atoms with Crippen molar-refractivity contribution in [1.82, 2.24) is 10.2 Å². The Bertz CT molecular complexity index is 315. The molecule has 0 heterocycles. The summed E-state index contributed by atoms with van der Waals surface area (Å²) in [5.41, 5.74) is 0. The molecule has 21 heavy (non-hydrogen) atoms. The van der Waals surface area contributed by atoms with Gasteiger partial charge in [-0.3, -0.25) is 4.79 Å². The van der Waals surface area contributed by atoms with Crippen LogP contribution in [0.4, 0.5) is 4.79 Å². The molecule has 0 aromatic heterocycles. The van der Waals surface area contributed by atoms with Crippen LogP contribution in [0.3, 0.4) is 0 Å². The number of alkyl carbamates (subject to hydrolysis) is 1. The number of amides is 2. The third kappa shape index (κ3) is 7.34. The molecule has 124 valence electrons. The molecule has 0 aliphatic carbocycles. The van der Waals surface area contributed by atoms with E-state index in [1.54, 1.807) is 0 Å². The molecule has 5 nitrogen and oxygen atoms in total. The van der Waals surface area contributed by atoms with E-state index in [-0.39, 0.29) is 5.91 Å². The SMILES string of the molecule is CCC(CC)CN(CC)C(=O)C(CC(C)C)NC(=O)OC. The standard InChI is InChI=1S/C16H32N2O3/c1-7-13(8-2)11-18(9-3)15(19)14(10-12(4)5)17-16(20)21-6/h12-14H,7-11H2,1-6H3,(H,17,20). The topological polar surface area (TPSA) is 58.6 Å². The van der Waals surface area contributed by atoms with Gasteiger partial charge in [0, 0.05) is 13.1 Å². The van der Waals surface area contributed by atoms with E-state index in [4.69, 9.17) is 0 Å². The van der Waals surface area contributed by atoms with Gasteiger partial charge in [0.25, 0.3) is 0 Å². The first-order chi connectivity index (χ1) is 9.89. The number of ether oxygens (including phenoxy) is 1. The molecule has 0 aliphatic heterocycles. The summed E-state index contributed by atoms with van der Waals surface area (Å²) >= 11 is 0. The molecular formula is C16H32N2O3. The normalized spacial score (nSPS) is 12.4. The van der Waals surface area contributed by atoms with Crippen LogP contribution >= 0.6 is 0 Å². The number of carbonyl (C=O) groups is 2. The minimum Gasteiger partial charge on any atom is -0.453 e. The van der Waals surface area contributed by atoms with Crippen LogP contribution in [0, 0.1) is 11.8 Å². The van der Waals surface area contributed by atoms with Crippen molar-refractivity contribution in [2.75, 3.05) is 20.2 Å². The van der Waals surface area contributed by atoms with Gasteiger partial charge in [0.1, 0.15) is 6.04 Å². The minimum absolute atomic E-state index is 0.0106. The summed E-state index contributed by atoms with van der Waals surface area (Å²) in [6.45, 7) is 11.7. The van der Waals surface area contributed by atoms with Gasteiger partial charge in [-0.2, -0.15) is 0 Å². The molecule has 0 aromatic carbocycles. The Morgan fingerprint density at radius 1 is 1.14 bits per heavy atom. The number of methoxy groups -OCH3 is 1. The second-order valence-corrected chi connectivity index (χ2v) is 5.88. The molecule has 0 saturated carbocycles. The minimum atomic E-state index is -0.549. The van der Waals surface area contributed by atoms with Crippen molar-refractivity contribution in [3.05, 3.63) is 0 Å². The van der Waals surface area contributed by atoms with Gasteiger partial charge in [-0.05, 0) is 25.2 Å². The number of hydrogen-bond donors (Lipinski definition) is 1. The molecule has 0 radical (unpaired) electrons. The van der Waals surface area contributed by atoms with E-state index in [2.05, 4.69) is 23.9 Å². The van der Waals surface area contributed by atoms with E-state index in [1.807, 2.05) is 25.7 Å². The Hall–Kier alpha value is -1.26. The van der Waals surface area contributed by atoms with Crippen LogP contribution in [0.5, 0.6) is 0 Å². The number of nitrogens with one attached hydrogen (secondary N) is 1. The number of likely N-dealkylation sites (N-methyl/N-ethyl adjacent to an activating group) is 1. The van der Waals surface area contributed by atoms with Crippen LogP contribution < -0.4 is 5.32 Å². The van der Waals surface area contributed by atoms with Crippen molar-refractivity contribution in [1.29, 1.82) is 0 Å². The highest BCUT2D eigenvalue weighted by molar-refractivity contribution is 5.85. The maximum atomic E-state index is 12.7. The highest BCUT2D eigenvalue weighted by Crippen LogP contribution is 2.13. The van der Waals surface area contributed by atoms with Crippen molar-refractivity contribution in [2.45, 2.75) is 59.9 Å².